The molecule has 1 aromatic heterocycles. The van der Waals surface area contributed by atoms with Gasteiger partial charge >= 0.3 is 5.97 Å². The van der Waals surface area contributed by atoms with Crippen LogP contribution in [0, 0.1) is 0 Å². The number of hydrogen-bond acceptors (Lipinski definition) is 5. The largest absolute Gasteiger partial charge is 0.481 e. The van der Waals surface area contributed by atoms with Gasteiger partial charge in [0, 0.05) is 24.9 Å². The molecular formula is C11H17N3O2S. The summed E-state index contributed by atoms with van der Waals surface area (Å²) in [5.74, 6) is -0.775. The fraction of sp³-hybridized carbons (Fsp3) is 0.636. The van der Waals surface area contributed by atoms with Crippen molar-refractivity contribution in [1.29, 1.82) is 0 Å². The number of carboxylic acids is 1. The molecule has 0 unspecified atom stereocenters. The highest BCUT2D eigenvalue weighted by molar-refractivity contribution is 7.13. The van der Waals surface area contributed by atoms with Gasteiger partial charge in [-0.15, -0.1) is 11.3 Å². The number of nitrogens with zero attached hydrogens (tertiary/aromatic N) is 2. The Morgan fingerprint density at radius 2 is 2.24 bits per heavy atom. The van der Waals surface area contributed by atoms with Crippen LogP contribution in [0.1, 0.15) is 31.4 Å². The van der Waals surface area contributed by atoms with Crippen LogP contribution in [-0.4, -0.2) is 34.2 Å². The molecule has 0 aromatic carbocycles. The smallest absolute Gasteiger partial charge is 0.303 e. The maximum atomic E-state index is 10.4. The van der Waals surface area contributed by atoms with E-state index in [1.54, 1.807) is 0 Å². The standard InChI is InChI=1S/C11H17N3O2S/c15-10(16)5-4-9-8-17-11(12-9)13-14-6-2-1-3-7-14/h8H,1-7H2,(H,12,13)(H,15,16). The summed E-state index contributed by atoms with van der Waals surface area (Å²) in [5, 5.41) is 13.6. The number of carbonyl (C=O) groups is 1. The summed E-state index contributed by atoms with van der Waals surface area (Å²) in [5.41, 5.74) is 4.14. The number of hydrazine groups is 1. The number of aromatic nitrogens is 1. The van der Waals surface area contributed by atoms with E-state index in [1.807, 2.05) is 5.38 Å². The van der Waals surface area contributed by atoms with Gasteiger partial charge in [0.1, 0.15) is 0 Å². The van der Waals surface area contributed by atoms with Crippen LogP contribution in [-0.2, 0) is 11.2 Å². The van der Waals surface area contributed by atoms with Crippen molar-refractivity contribution in [1.82, 2.24) is 9.99 Å². The quantitative estimate of drug-likeness (QED) is 0.842. The molecule has 2 N–H and O–H groups in total. The highest BCUT2D eigenvalue weighted by Gasteiger charge is 2.11. The lowest BCUT2D eigenvalue weighted by Gasteiger charge is -2.26. The van der Waals surface area contributed by atoms with E-state index >= 15 is 0 Å². The molecular weight excluding hydrogens is 238 g/mol. The maximum Gasteiger partial charge on any atom is 0.303 e. The Balaban J connectivity index is 1.82. The lowest BCUT2D eigenvalue weighted by Crippen LogP contribution is -2.34. The van der Waals surface area contributed by atoms with Gasteiger partial charge in [0.15, 0.2) is 5.13 Å². The van der Waals surface area contributed by atoms with Crippen molar-refractivity contribution in [2.75, 3.05) is 18.5 Å². The van der Waals surface area contributed by atoms with Crippen molar-refractivity contribution < 1.29 is 9.90 Å². The van der Waals surface area contributed by atoms with Gasteiger partial charge < -0.3 is 5.11 Å². The highest BCUT2D eigenvalue weighted by Crippen LogP contribution is 2.18. The normalized spacial score (nSPS) is 16.9. The first-order valence-electron chi connectivity index (χ1n) is 5.92. The SMILES string of the molecule is O=C(O)CCc1csc(NN2CCCCC2)n1. The van der Waals surface area contributed by atoms with Gasteiger partial charge in [0.2, 0.25) is 0 Å². The summed E-state index contributed by atoms with van der Waals surface area (Å²) in [6, 6.07) is 0. The van der Waals surface area contributed by atoms with Gasteiger partial charge in [-0.1, -0.05) is 6.42 Å². The van der Waals surface area contributed by atoms with Gasteiger partial charge in [-0.05, 0) is 12.8 Å². The average Bonchev–Trinajstić information content (AvgIpc) is 2.75. The van der Waals surface area contributed by atoms with E-state index in [1.165, 1.54) is 30.6 Å². The van der Waals surface area contributed by atoms with Crippen LogP contribution >= 0.6 is 11.3 Å². The third-order valence-electron chi connectivity index (χ3n) is 2.76. The number of hydrogen-bond donors (Lipinski definition) is 2. The number of carboxylic acid groups (broad SMARTS) is 1. The number of aryl methyl sites for hydroxylation is 1. The summed E-state index contributed by atoms with van der Waals surface area (Å²) in [4.78, 5) is 14.8. The molecule has 0 amide bonds. The van der Waals surface area contributed by atoms with Crippen LogP contribution < -0.4 is 5.43 Å². The molecule has 1 saturated heterocycles. The first kappa shape index (κ1) is 12.3. The lowest BCUT2D eigenvalue weighted by molar-refractivity contribution is -0.136. The Hall–Kier alpha value is -1.14. The first-order valence-corrected chi connectivity index (χ1v) is 6.80. The van der Waals surface area contributed by atoms with Crippen LogP contribution in [0.5, 0.6) is 0 Å². The zero-order valence-electron chi connectivity index (χ0n) is 9.69. The summed E-state index contributed by atoms with van der Waals surface area (Å²) in [7, 11) is 0. The molecule has 6 heteroatoms. The van der Waals surface area contributed by atoms with E-state index in [9.17, 15) is 4.79 Å². The molecule has 94 valence electrons. The Labute approximate surface area is 104 Å². The first-order chi connectivity index (χ1) is 8.24. The molecule has 0 saturated carbocycles. The van der Waals surface area contributed by atoms with Gasteiger partial charge in [-0.2, -0.15) is 0 Å². The summed E-state index contributed by atoms with van der Waals surface area (Å²) in [6.07, 6.45) is 4.41. The van der Waals surface area contributed by atoms with Crippen LogP contribution in [0.2, 0.25) is 0 Å². The van der Waals surface area contributed by atoms with Crippen molar-refractivity contribution >= 4 is 22.4 Å². The maximum absolute atomic E-state index is 10.4. The van der Waals surface area contributed by atoms with Crippen molar-refractivity contribution in [2.24, 2.45) is 0 Å². The number of anilines is 1. The zero-order valence-corrected chi connectivity index (χ0v) is 10.5. The topological polar surface area (TPSA) is 65.5 Å². The average molecular weight is 255 g/mol. The minimum atomic E-state index is -0.775. The molecule has 0 radical (unpaired) electrons. The fourth-order valence-corrected chi connectivity index (χ4v) is 2.62. The van der Waals surface area contributed by atoms with Crippen LogP contribution in [0.25, 0.3) is 0 Å². The molecule has 0 bridgehead atoms. The third-order valence-corrected chi connectivity index (χ3v) is 3.55. The van der Waals surface area contributed by atoms with Gasteiger partial charge in [0.05, 0.1) is 12.1 Å². The minimum absolute atomic E-state index is 0.146. The molecule has 0 spiro atoms. The molecule has 1 aliphatic rings. The van der Waals surface area contributed by atoms with E-state index in [0.717, 1.165) is 23.9 Å². The molecule has 0 atom stereocenters. The predicted molar refractivity (Wildman–Crippen MR) is 67.1 cm³/mol. The molecule has 2 rings (SSSR count). The van der Waals surface area contributed by atoms with E-state index in [2.05, 4.69) is 15.4 Å². The van der Waals surface area contributed by atoms with Crippen LogP contribution in [0.4, 0.5) is 5.13 Å². The summed E-state index contributed by atoms with van der Waals surface area (Å²) < 4.78 is 0. The zero-order chi connectivity index (χ0) is 12.1. The number of piperidine rings is 1. The molecule has 17 heavy (non-hydrogen) atoms. The molecule has 1 fully saturated rings. The molecule has 1 aromatic rings. The second kappa shape index (κ2) is 5.97. The number of nitrogens with one attached hydrogen (secondary N) is 1. The summed E-state index contributed by atoms with van der Waals surface area (Å²) in [6.45, 7) is 2.12. The van der Waals surface area contributed by atoms with E-state index in [-0.39, 0.29) is 6.42 Å². The van der Waals surface area contributed by atoms with Crippen molar-refractivity contribution in [2.45, 2.75) is 32.1 Å². The number of thiazole rings is 1. The Kier molecular flexibility index (Phi) is 4.33. The molecule has 2 heterocycles. The van der Waals surface area contributed by atoms with E-state index < -0.39 is 5.97 Å². The Morgan fingerprint density at radius 1 is 1.47 bits per heavy atom. The van der Waals surface area contributed by atoms with E-state index in [0.29, 0.717) is 6.42 Å². The Bertz CT molecular complexity index is 375. The lowest BCUT2D eigenvalue weighted by atomic mass is 10.2. The molecule has 0 aliphatic carbocycles. The predicted octanol–water partition coefficient (Wildman–Crippen LogP) is 1.97. The van der Waals surface area contributed by atoms with Crippen LogP contribution in [0.15, 0.2) is 5.38 Å². The molecule has 5 nitrogen and oxygen atoms in total. The van der Waals surface area contributed by atoms with Gasteiger partial charge in [-0.25, -0.2) is 9.99 Å². The molecule has 1 aliphatic heterocycles. The number of aliphatic carboxylic acids is 1. The third kappa shape index (κ3) is 3.98. The second-order valence-corrected chi connectivity index (χ2v) is 5.06. The second-order valence-electron chi connectivity index (χ2n) is 4.20. The van der Waals surface area contributed by atoms with Gasteiger partial charge in [-0.3, -0.25) is 10.2 Å². The van der Waals surface area contributed by atoms with Crippen molar-refractivity contribution in [3.8, 4) is 0 Å². The van der Waals surface area contributed by atoms with Crippen LogP contribution in [0.3, 0.4) is 0 Å². The monoisotopic (exact) mass is 255 g/mol. The van der Waals surface area contributed by atoms with Crippen molar-refractivity contribution in [3.63, 3.8) is 0 Å². The summed E-state index contributed by atoms with van der Waals surface area (Å²) >= 11 is 1.54. The van der Waals surface area contributed by atoms with E-state index in [4.69, 9.17) is 5.11 Å². The fourth-order valence-electron chi connectivity index (χ4n) is 1.85. The minimum Gasteiger partial charge on any atom is -0.481 e. The number of rotatable bonds is 5. The Morgan fingerprint density at radius 3 is 2.94 bits per heavy atom. The van der Waals surface area contributed by atoms with Gasteiger partial charge in [0.25, 0.3) is 0 Å². The van der Waals surface area contributed by atoms with Crippen molar-refractivity contribution in [3.05, 3.63) is 11.1 Å². The highest BCUT2D eigenvalue weighted by atomic mass is 32.1.